The van der Waals surface area contributed by atoms with Gasteiger partial charge in [0.25, 0.3) is 5.91 Å². The molecule has 10 nitrogen and oxygen atoms in total. The lowest BCUT2D eigenvalue weighted by molar-refractivity contribution is -0.192. The van der Waals surface area contributed by atoms with E-state index in [1.165, 1.54) is 23.2 Å². The Morgan fingerprint density at radius 2 is 1.61 bits per heavy atom. The molecule has 16 heteroatoms. The summed E-state index contributed by atoms with van der Waals surface area (Å²) in [6.07, 6.45) is -5.72. The molecule has 0 atom stereocenters. The summed E-state index contributed by atoms with van der Waals surface area (Å²) in [5.41, 5.74) is 1.02. The normalized spacial score (nSPS) is 15.3. The topological polar surface area (TPSA) is 124 Å². The number of carbonyl (C=O) groups excluding carboxylic acids is 2. The summed E-state index contributed by atoms with van der Waals surface area (Å²) in [5, 5.41) is 12.7. The number of alkyl halides is 6. The van der Waals surface area contributed by atoms with Gasteiger partial charge in [0.05, 0.1) is 5.56 Å². The predicted octanol–water partition coefficient (Wildman–Crippen LogP) is 5.94. The lowest BCUT2D eigenvalue weighted by atomic mass is 10.1. The fourth-order valence-electron chi connectivity index (χ4n) is 4.76. The predicted molar refractivity (Wildman–Crippen MR) is 154 cm³/mol. The van der Waals surface area contributed by atoms with Gasteiger partial charge in [-0.2, -0.15) is 26.3 Å². The number of urea groups is 1. The van der Waals surface area contributed by atoms with Crippen molar-refractivity contribution in [1.29, 1.82) is 0 Å². The van der Waals surface area contributed by atoms with E-state index >= 15 is 0 Å². The fraction of sp³-hybridized carbons (Fsp3) is 0.333. The first-order valence-corrected chi connectivity index (χ1v) is 13.9. The van der Waals surface area contributed by atoms with E-state index in [4.69, 9.17) is 14.6 Å². The Labute approximate surface area is 259 Å². The van der Waals surface area contributed by atoms with E-state index in [-0.39, 0.29) is 23.3 Å². The van der Waals surface area contributed by atoms with Crippen LogP contribution in [0.1, 0.15) is 34.5 Å². The minimum absolute atomic E-state index is 0.0663. The van der Waals surface area contributed by atoms with Crippen LogP contribution in [0.5, 0.6) is 11.5 Å². The molecule has 0 unspecified atom stereocenters. The number of nitrogens with zero attached hydrogens (tertiary/aromatic N) is 3. The minimum Gasteiger partial charge on any atom is -0.475 e. The zero-order chi connectivity index (χ0) is 33.6. The summed E-state index contributed by atoms with van der Waals surface area (Å²) in [6.45, 7) is 2.24. The second kappa shape index (κ2) is 14.1. The first-order chi connectivity index (χ1) is 21.6. The SMILES string of the molecule is CN1CCC(NC(=O)c2cc(Oc3ccc4c(c3)CCN4C(=O)Nc3cccc(C(F)(F)F)c3)ccn2)CC1.O=C(O)C(F)(F)F. The summed E-state index contributed by atoms with van der Waals surface area (Å²) in [7, 11) is 2.06. The summed E-state index contributed by atoms with van der Waals surface area (Å²) in [6, 6.07) is 12.6. The second-order valence-electron chi connectivity index (χ2n) is 10.5. The molecule has 0 aliphatic carbocycles. The molecule has 46 heavy (non-hydrogen) atoms. The van der Waals surface area contributed by atoms with Crippen LogP contribution in [0.25, 0.3) is 0 Å². The van der Waals surface area contributed by atoms with Gasteiger partial charge in [0, 0.05) is 36.2 Å². The van der Waals surface area contributed by atoms with Crippen molar-refractivity contribution >= 4 is 29.3 Å². The van der Waals surface area contributed by atoms with Crippen molar-refractivity contribution in [3.05, 3.63) is 77.6 Å². The Bertz CT molecular complexity index is 1570. The fourth-order valence-corrected chi connectivity index (χ4v) is 4.76. The van der Waals surface area contributed by atoms with Gasteiger partial charge in [-0.25, -0.2) is 9.59 Å². The van der Waals surface area contributed by atoms with Crippen LogP contribution in [0.2, 0.25) is 0 Å². The largest absolute Gasteiger partial charge is 0.490 e. The highest BCUT2D eigenvalue weighted by atomic mass is 19.4. The zero-order valence-corrected chi connectivity index (χ0v) is 24.3. The number of amides is 3. The van der Waals surface area contributed by atoms with Crippen molar-refractivity contribution in [3.8, 4) is 11.5 Å². The van der Waals surface area contributed by atoms with Gasteiger partial charge in [-0.1, -0.05) is 6.07 Å². The molecule has 0 bridgehead atoms. The van der Waals surface area contributed by atoms with E-state index in [1.807, 2.05) is 6.07 Å². The third-order valence-electron chi connectivity index (χ3n) is 7.13. The number of carboxylic acid groups (broad SMARTS) is 1. The number of nitrogens with one attached hydrogen (secondary N) is 2. The van der Waals surface area contributed by atoms with Crippen LogP contribution in [0.3, 0.4) is 0 Å². The number of pyridine rings is 1. The quantitative estimate of drug-likeness (QED) is 0.291. The van der Waals surface area contributed by atoms with Crippen molar-refractivity contribution in [3.63, 3.8) is 0 Å². The van der Waals surface area contributed by atoms with E-state index in [9.17, 15) is 35.9 Å². The summed E-state index contributed by atoms with van der Waals surface area (Å²) >= 11 is 0. The number of aliphatic carboxylic acids is 1. The number of piperidine rings is 1. The van der Waals surface area contributed by atoms with Crippen molar-refractivity contribution in [2.45, 2.75) is 37.7 Å². The molecule has 3 aromatic rings. The highest BCUT2D eigenvalue weighted by molar-refractivity contribution is 6.03. The summed E-state index contributed by atoms with van der Waals surface area (Å²) < 4.78 is 76.7. The number of aromatic nitrogens is 1. The highest BCUT2D eigenvalue weighted by Gasteiger charge is 2.38. The number of hydrogen-bond acceptors (Lipinski definition) is 6. The third kappa shape index (κ3) is 9.09. The Kier molecular flexibility index (Phi) is 10.4. The van der Waals surface area contributed by atoms with Crippen molar-refractivity contribution in [1.82, 2.24) is 15.2 Å². The van der Waals surface area contributed by atoms with Crippen LogP contribution in [0.15, 0.2) is 60.8 Å². The number of hydrogen-bond donors (Lipinski definition) is 3. The van der Waals surface area contributed by atoms with Crippen LogP contribution in [0.4, 0.5) is 42.5 Å². The number of rotatable bonds is 5. The molecule has 5 rings (SSSR count). The molecule has 1 fully saturated rings. The molecule has 0 saturated carbocycles. The molecule has 2 aromatic carbocycles. The van der Waals surface area contributed by atoms with E-state index in [0.29, 0.717) is 30.2 Å². The number of carboxylic acids is 1. The maximum absolute atomic E-state index is 13.0. The molecular formula is C30H29F6N5O5. The molecule has 3 heterocycles. The summed E-state index contributed by atoms with van der Waals surface area (Å²) in [4.78, 5) is 42.3. The van der Waals surface area contributed by atoms with Crippen molar-refractivity contribution < 1.29 is 50.6 Å². The maximum atomic E-state index is 13.0. The second-order valence-corrected chi connectivity index (χ2v) is 10.5. The lowest BCUT2D eigenvalue weighted by Gasteiger charge is -2.29. The van der Waals surface area contributed by atoms with E-state index in [0.717, 1.165) is 43.6 Å². The summed E-state index contributed by atoms with van der Waals surface area (Å²) in [5.74, 6) is -2.02. The Balaban J connectivity index is 0.000000617. The van der Waals surface area contributed by atoms with Gasteiger partial charge >= 0.3 is 24.4 Å². The van der Waals surface area contributed by atoms with Crippen LogP contribution in [-0.2, 0) is 17.4 Å². The van der Waals surface area contributed by atoms with Gasteiger partial charge < -0.3 is 25.4 Å². The van der Waals surface area contributed by atoms with Crippen LogP contribution in [-0.4, -0.2) is 71.8 Å². The maximum Gasteiger partial charge on any atom is 0.490 e. The average molecular weight is 654 g/mol. The molecule has 2 aliphatic heterocycles. The first-order valence-electron chi connectivity index (χ1n) is 13.9. The first kappa shape index (κ1) is 34.0. The van der Waals surface area contributed by atoms with E-state index < -0.39 is 29.9 Å². The molecule has 1 saturated heterocycles. The number of benzene rings is 2. The third-order valence-corrected chi connectivity index (χ3v) is 7.13. The molecular weight excluding hydrogens is 624 g/mol. The molecule has 2 aliphatic rings. The van der Waals surface area contributed by atoms with Crippen LogP contribution >= 0.6 is 0 Å². The molecule has 246 valence electrons. The Morgan fingerprint density at radius 3 is 2.26 bits per heavy atom. The molecule has 3 amide bonds. The number of ether oxygens (including phenoxy) is 1. The number of fused-ring (bicyclic) bond motifs is 1. The highest BCUT2D eigenvalue weighted by Crippen LogP contribution is 2.34. The van der Waals surface area contributed by atoms with E-state index in [2.05, 4.69) is 27.6 Å². The Hall–Kier alpha value is -4.86. The molecule has 0 radical (unpaired) electrons. The monoisotopic (exact) mass is 653 g/mol. The average Bonchev–Trinajstić information content (AvgIpc) is 3.41. The standard InChI is InChI=1S/C28H28F3N5O3.C2HF3O2/c1-35-12-9-20(10-13-35)33-26(37)24-17-23(7-11-32-24)39-22-5-6-25-18(15-22)8-14-36(25)27(38)34-21-4-2-3-19(16-21)28(29,30)31;3-2(4,5)1(6)7/h2-7,11,15-17,20H,8-10,12-14H2,1H3,(H,33,37)(H,34,38);(H,6,7). The molecule has 0 spiro atoms. The molecule has 1 aromatic heterocycles. The van der Waals surface area contributed by atoms with Gasteiger partial charge in [-0.3, -0.25) is 14.7 Å². The minimum atomic E-state index is -5.08. The Morgan fingerprint density at radius 1 is 0.935 bits per heavy atom. The van der Waals surface area contributed by atoms with Gasteiger partial charge in [0.15, 0.2) is 0 Å². The molecule has 3 N–H and O–H groups in total. The van der Waals surface area contributed by atoms with Gasteiger partial charge in [0.1, 0.15) is 17.2 Å². The lowest BCUT2D eigenvalue weighted by Crippen LogP contribution is -2.43. The van der Waals surface area contributed by atoms with E-state index in [1.54, 1.807) is 24.3 Å². The van der Waals surface area contributed by atoms with Crippen molar-refractivity contribution in [2.24, 2.45) is 0 Å². The number of likely N-dealkylation sites (tertiary alicyclic amines) is 1. The van der Waals surface area contributed by atoms with Gasteiger partial charge in [0.2, 0.25) is 0 Å². The van der Waals surface area contributed by atoms with Gasteiger partial charge in [-0.15, -0.1) is 0 Å². The van der Waals surface area contributed by atoms with Crippen LogP contribution < -0.4 is 20.3 Å². The smallest absolute Gasteiger partial charge is 0.475 e. The van der Waals surface area contributed by atoms with Crippen LogP contribution in [0, 0.1) is 0 Å². The van der Waals surface area contributed by atoms with Crippen molar-refractivity contribution in [2.75, 3.05) is 36.9 Å². The number of halogens is 6. The number of carbonyl (C=O) groups is 3. The zero-order valence-electron chi connectivity index (χ0n) is 24.3. The number of anilines is 2. The van der Waals surface area contributed by atoms with Gasteiger partial charge in [-0.05, 0) is 87.4 Å².